The molecular weight excluding hydrogens is 796 g/mol. The number of rotatable bonds is 6. The van der Waals surface area contributed by atoms with E-state index < -0.39 is 130 Å². The van der Waals surface area contributed by atoms with Crippen LogP contribution in [0.3, 0.4) is 0 Å². The summed E-state index contributed by atoms with van der Waals surface area (Å²) in [4.78, 5) is 54.4. The molecule has 336 valence electrons. The number of allylic oxidation sites excluding steroid dienone is 5. The Morgan fingerprint density at radius 1 is 0.934 bits per heavy atom. The van der Waals surface area contributed by atoms with Crippen molar-refractivity contribution in [3.05, 3.63) is 46.8 Å². The number of aliphatic hydroxyl groups excluding tert-OH is 1. The second kappa shape index (κ2) is 14.4. The van der Waals surface area contributed by atoms with Gasteiger partial charge in [0.25, 0.3) is 5.79 Å². The molecule has 0 aromatic heterocycles. The van der Waals surface area contributed by atoms with Crippen LogP contribution in [0, 0.1) is 34.0 Å². The lowest BCUT2D eigenvalue weighted by atomic mass is 9.37. The lowest BCUT2D eigenvalue weighted by Crippen LogP contribution is -2.79. The van der Waals surface area contributed by atoms with Gasteiger partial charge in [-0.1, -0.05) is 35.8 Å². The number of carbonyl (C=O) groups excluding carboxylic acids is 4. The van der Waals surface area contributed by atoms with Gasteiger partial charge < -0.3 is 58.0 Å². The number of carbonyl (C=O) groups is 4. The van der Waals surface area contributed by atoms with E-state index in [4.69, 9.17) is 42.6 Å². The molecular formula is C45H60O16. The molecule has 16 nitrogen and oxygen atoms in total. The third-order valence-electron chi connectivity index (χ3n) is 16.4. The van der Waals surface area contributed by atoms with E-state index in [0.29, 0.717) is 0 Å². The van der Waals surface area contributed by atoms with Gasteiger partial charge in [-0.2, -0.15) is 0 Å². The number of hydrogen-bond acceptors (Lipinski definition) is 16. The third-order valence-corrected chi connectivity index (χ3v) is 16.4. The maximum absolute atomic E-state index is 14.2. The fourth-order valence-electron chi connectivity index (χ4n) is 13.5. The molecule has 5 aliphatic heterocycles. The summed E-state index contributed by atoms with van der Waals surface area (Å²) in [6, 6.07) is 0. The lowest BCUT2D eigenvalue weighted by Gasteiger charge is -2.65. The predicted octanol–water partition coefficient (Wildman–Crippen LogP) is 3.25. The Morgan fingerprint density at radius 3 is 2.25 bits per heavy atom. The Labute approximate surface area is 355 Å². The summed E-state index contributed by atoms with van der Waals surface area (Å²) in [5, 5.41) is 37.4. The van der Waals surface area contributed by atoms with Crippen LogP contribution < -0.4 is 0 Å². The van der Waals surface area contributed by atoms with Gasteiger partial charge in [0, 0.05) is 47.5 Å². The lowest BCUT2D eigenvalue weighted by molar-refractivity contribution is -0.314. The van der Waals surface area contributed by atoms with E-state index in [2.05, 4.69) is 26.8 Å². The Kier molecular flexibility index (Phi) is 10.4. The van der Waals surface area contributed by atoms with Crippen LogP contribution in [-0.4, -0.2) is 126 Å². The maximum Gasteiger partial charge on any atom is 0.366 e. The number of fused-ring (bicyclic) bond motifs is 7. The van der Waals surface area contributed by atoms with E-state index in [1.165, 1.54) is 44.1 Å². The molecule has 4 saturated heterocycles. The van der Waals surface area contributed by atoms with Crippen LogP contribution in [-0.2, 0) is 61.8 Å². The van der Waals surface area contributed by atoms with Crippen molar-refractivity contribution in [2.45, 2.75) is 147 Å². The zero-order valence-electron chi connectivity index (χ0n) is 36.6. The molecule has 0 unspecified atom stereocenters. The van der Waals surface area contributed by atoms with E-state index in [9.17, 15) is 34.5 Å². The van der Waals surface area contributed by atoms with Crippen molar-refractivity contribution in [2.75, 3.05) is 27.4 Å². The molecule has 7 fully saturated rings. The van der Waals surface area contributed by atoms with Crippen LogP contribution in [0.25, 0.3) is 0 Å². The fraction of sp³-hybridized carbons (Fsp3) is 0.733. The third kappa shape index (κ3) is 5.48. The van der Waals surface area contributed by atoms with Gasteiger partial charge in [-0.3, -0.25) is 9.59 Å². The van der Waals surface area contributed by atoms with Crippen LogP contribution in [0.5, 0.6) is 0 Å². The molecule has 2 bridgehead atoms. The van der Waals surface area contributed by atoms with Crippen LogP contribution in [0.15, 0.2) is 46.8 Å². The second-order valence-corrected chi connectivity index (χ2v) is 19.1. The number of esters is 4. The summed E-state index contributed by atoms with van der Waals surface area (Å²) in [6.07, 6.45) is 3.02. The molecule has 16 atom stereocenters. The van der Waals surface area contributed by atoms with Gasteiger partial charge in [0.05, 0.1) is 52.0 Å². The molecule has 4 aliphatic carbocycles. The van der Waals surface area contributed by atoms with Gasteiger partial charge in [-0.05, 0) is 73.3 Å². The highest BCUT2D eigenvalue weighted by Gasteiger charge is 2.97. The van der Waals surface area contributed by atoms with E-state index in [1.807, 2.05) is 0 Å². The minimum Gasteiger partial charge on any atom is -0.469 e. The van der Waals surface area contributed by atoms with E-state index in [-0.39, 0.29) is 18.4 Å². The first-order valence-corrected chi connectivity index (χ1v) is 21.2. The molecule has 0 aromatic carbocycles. The minimum atomic E-state index is -2.82. The van der Waals surface area contributed by atoms with Crippen molar-refractivity contribution in [1.82, 2.24) is 0 Å². The van der Waals surface area contributed by atoms with Gasteiger partial charge >= 0.3 is 23.9 Å². The summed E-state index contributed by atoms with van der Waals surface area (Å²) in [5.74, 6) is -9.76. The minimum absolute atomic E-state index is 0.235. The Bertz CT molecular complexity index is 2020. The van der Waals surface area contributed by atoms with Crippen LogP contribution in [0.4, 0.5) is 0 Å². The highest BCUT2D eigenvalue weighted by molar-refractivity contribution is 5.88. The molecule has 0 radical (unpaired) electrons. The van der Waals surface area contributed by atoms with Gasteiger partial charge in [-0.25, -0.2) is 9.59 Å². The number of aliphatic hydroxyl groups is 3. The molecule has 3 saturated carbocycles. The maximum atomic E-state index is 14.2. The Balaban J connectivity index is 0.000000453. The summed E-state index contributed by atoms with van der Waals surface area (Å²) >= 11 is 0. The molecule has 3 N–H and O–H groups in total. The van der Waals surface area contributed by atoms with E-state index >= 15 is 0 Å². The summed E-state index contributed by atoms with van der Waals surface area (Å²) < 4.78 is 54.0. The molecule has 9 rings (SSSR count). The van der Waals surface area contributed by atoms with Crippen molar-refractivity contribution in [3.8, 4) is 0 Å². The van der Waals surface area contributed by atoms with Crippen molar-refractivity contribution in [3.63, 3.8) is 0 Å². The molecule has 5 heterocycles. The van der Waals surface area contributed by atoms with Gasteiger partial charge in [0.2, 0.25) is 6.29 Å². The Morgan fingerprint density at radius 2 is 1.64 bits per heavy atom. The first kappa shape index (κ1) is 44.0. The fourth-order valence-corrected chi connectivity index (χ4v) is 13.5. The molecule has 1 spiro atoms. The van der Waals surface area contributed by atoms with Gasteiger partial charge in [-0.15, -0.1) is 0 Å². The van der Waals surface area contributed by atoms with Gasteiger partial charge in [0.1, 0.15) is 28.8 Å². The SMILES string of the molecule is C/C=C(\C)C(=O)O[C@H]1C[C@@H](OC(C)=O)[C@@]2(C(=O)OC)CO[C@H]3[C@@H](O)[C@@](C)([C@]45O[C@@]4(C)[C@H]4C[C@@H]5O[C@@H]5OC=C[C@@]54O)[C@H]4[C@]1(CO[C@]4(O)C(=O)OC)[C@@H]32.CC1=CCC(=C(C)C)CC1. The first-order valence-electron chi connectivity index (χ1n) is 21.2. The van der Waals surface area contributed by atoms with E-state index in [0.717, 1.165) is 14.2 Å². The van der Waals surface area contributed by atoms with Crippen LogP contribution in [0.1, 0.15) is 87.5 Å². The summed E-state index contributed by atoms with van der Waals surface area (Å²) in [7, 11) is 2.23. The number of methoxy groups -OCH3 is 2. The summed E-state index contributed by atoms with van der Waals surface area (Å²) in [5.41, 5.74) is -4.75. The topological polar surface area (TPSA) is 215 Å². The standard InChI is InChI=1S/C35H44O16.C10H16/c1-8-15(2)24(38)49-18-12-19(48-16(3)36)32(26(39)43-6)13-46-21-22(32)31(18)14-47-34(42,27(40)44-7)25(31)29(4,23(21)37)35-20-11-17(30(35,5)51-35)33(41)9-10-45-28(33)50-20;1-8(2)10-6-4-9(3)5-7-10/h8-10,17-23,25,28,37,41-42H,11-14H2,1-7H3;4H,5-7H2,1-3H3/b15-8+;/t17-,18+,19-,20+,21-,22-,23-,25+,28+,29-,30+,31+,32+,33+,34+,35+;/m1./s1. The van der Waals surface area contributed by atoms with Crippen molar-refractivity contribution >= 4 is 23.9 Å². The quantitative estimate of drug-likeness (QED) is 0.115. The van der Waals surface area contributed by atoms with Gasteiger partial charge in [0.15, 0.2) is 5.60 Å². The monoisotopic (exact) mass is 856 g/mol. The van der Waals surface area contributed by atoms with Crippen molar-refractivity contribution in [1.29, 1.82) is 0 Å². The average molecular weight is 857 g/mol. The zero-order chi connectivity index (χ0) is 44.5. The highest BCUT2D eigenvalue weighted by atomic mass is 16.7. The summed E-state index contributed by atoms with van der Waals surface area (Å²) in [6.45, 7) is 13.5. The van der Waals surface area contributed by atoms with Crippen molar-refractivity contribution < 1.29 is 77.1 Å². The van der Waals surface area contributed by atoms with E-state index in [1.54, 1.807) is 44.9 Å². The smallest absolute Gasteiger partial charge is 0.366 e. The number of ether oxygens (including phenoxy) is 9. The normalized spacial score (nSPS) is 48.1. The number of epoxide rings is 1. The highest BCUT2D eigenvalue weighted by Crippen LogP contribution is 2.83. The first-order chi connectivity index (χ1) is 28.6. The molecule has 0 amide bonds. The largest absolute Gasteiger partial charge is 0.469 e. The van der Waals surface area contributed by atoms with Crippen molar-refractivity contribution in [2.24, 2.45) is 34.0 Å². The zero-order valence-corrected chi connectivity index (χ0v) is 36.6. The molecule has 16 heteroatoms. The predicted molar refractivity (Wildman–Crippen MR) is 210 cm³/mol. The van der Waals surface area contributed by atoms with Crippen LogP contribution >= 0.6 is 0 Å². The second-order valence-electron chi connectivity index (χ2n) is 19.1. The average Bonchev–Trinajstić information content (AvgIpc) is 3.60. The molecule has 9 aliphatic rings. The molecule has 0 aromatic rings. The molecule has 61 heavy (non-hydrogen) atoms. The number of hydrogen-bond donors (Lipinski definition) is 3. The van der Waals surface area contributed by atoms with Crippen LogP contribution in [0.2, 0.25) is 0 Å². The Hall–Kier alpha value is -3.64.